The fourth-order valence-corrected chi connectivity index (χ4v) is 6.04. The Morgan fingerprint density at radius 3 is 2.44 bits per heavy atom. The fourth-order valence-electron chi connectivity index (χ4n) is 5.66. The Labute approximate surface area is 245 Å². The number of aryl methyl sites for hydroxylation is 3. The van der Waals surface area contributed by atoms with E-state index >= 15 is 0 Å². The molecule has 2 aliphatic heterocycles. The highest BCUT2D eigenvalue weighted by Gasteiger charge is 2.42. The fraction of sp³-hybridized carbons (Fsp3) is 0.125. The second-order valence-corrected chi connectivity index (χ2v) is 11.2. The number of aliphatic imine (C=N–C) groups is 2. The third kappa shape index (κ3) is 4.29. The second kappa shape index (κ2) is 9.71. The summed E-state index contributed by atoms with van der Waals surface area (Å²) in [5.74, 6) is 2.70. The number of phenolic OH excluding ortho intramolecular Hbond substituents is 1. The van der Waals surface area contributed by atoms with E-state index in [0.29, 0.717) is 23.3 Å². The van der Waals surface area contributed by atoms with Gasteiger partial charge >= 0.3 is 0 Å². The van der Waals surface area contributed by atoms with E-state index in [0.717, 1.165) is 49.5 Å². The van der Waals surface area contributed by atoms with E-state index in [1.54, 1.807) is 16.9 Å². The predicted octanol–water partition coefficient (Wildman–Crippen LogP) is 7.46. The molecule has 0 bridgehead atoms. The molecule has 8 nitrogen and oxygen atoms in total. The largest absolute Gasteiger partial charge is 0.508 e. The number of amidine groups is 2. The molecule has 1 unspecified atom stereocenters. The van der Waals surface area contributed by atoms with Crippen molar-refractivity contribution < 1.29 is 5.11 Å². The van der Waals surface area contributed by atoms with Crippen molar-refractivity contribution in [3.63, 3.8) is 0 Å². The first-order valence-electron chi connectivity index (χ1n) is 13.3. The third-order valence-corrected chi connectivity index (χ3v) is 7.77. The number of aromatic nitrogens is 3. The molecule has 0 aliphatic carbocycles. The Morgan fingerprint density at radius 2 is 1.66 bits per heavy atom. The van der Waals surface area contributed by atoms with Crippen molar-refractivity contribution in [3.05, 3.63) is 117 Å². The minimum absolute atomic E-state index is 0.180. The summed E-state index contributed by atoms with van der Waals surface area (Å²) in [5.41, 5.74) is 7.30. The maximum atomic E-state index is 11.3. The van der Waals surface area contributed by atoms with Gasteiger partial charge in [0.15, 0.2) is 23.3 Å². The number of anilines is 2. The first-order chi connectivity index (χ1) is 19.9. The first kappa shape index (κ1) is 25.2. The SMILES string of the molecule is Cc1cc(C)cc(NC2=Nc3ccccc3N3C2=Nc2c(c(C)nn2-c2ccccn2)C3c2cc(Br)ccc2O)c1. The molecule has 0 saturated heterocycles. The third-order valence-electron chi connectivity index (χ3n) is 7.27. The lowest BCUT2D eigenvalue weighted by Crippen LogP contribution is -2.46. The van der Waals surface area contributed by atoms with Crippen LogP contribution in [0.15, 0.2) is 99.5 Å². The van der Waals surface area contributed by atoms with Crippen LogP contribution in [0.3, 0.4) is 0 Å². The van der Waals surface area contributed by atoms with E-state index in [9.17, 15) is 5.11 Å². The summed E-state index contributed by atoms with van der Waals surface area (Å²) < 4.78 is 2.63. The monoisotopic (exact) mass is 603 g/mol. The maximum absolute atomic E-state index is 11.3. The van der Waals surface area contributed by atoms with Gasteiger partial charge in [0.25, 0.3) is 0 Å². The van der Waals surface area contributed by atoms with Crippen molar-refractivity contribution in [2.75, 3.05) is 10.2 Å². The summed E-state index contributed by atoms with van der Waals surface area (Å²) in [4.78, 5) is 17.0. The molecule has 5 aromatic rings. The van der Waals surface area contributed by atoms with Crippen LogP contribution in [0.4, 0.5) is 22.9 Å². The van der Waals surface area contributed by atoms with Gasteiger partial charge in [-0.25, -0.2) is 15.0 Å². The van der Waals surface area contributed by atoms with Crippen LogP contribution in [-0.4, -0.2) is 31.5 Å². The van der Waals surface area contributed by atoms with Crippen molar-refractivity contribution in [2.45, 2.75) is 26.8 Å². The minimum atomic E-state index is -0.444. The quantitative estimate of drug-likeness (QED) is 0.223. The van der Waals surface area contributed by atoms with Crippen LogP contribution in [-0.2, 0) is 0 Å². The van der Waals surface area contributed by atoms with E-state index < -0.39 is 6.04 Å². The highest BCUT2D eigenvalue weighted by Crippen LogP contribution is 2.50. The molecular formula is C32H26BrN7O. The zero-order valence-electron chi connectivity index (χ0n) is 22.7. The number of phenols is 1. The van der Waals surface area contributed by atoms with Crippen molar-refractivity contribution in [3.8, 4) is 11.6 Å². The highest BCUT2D eigenvalue weighted by atomic mass is 79.9. The van der Waals surface area contributed by atoms with Crippen LogP contribution in [0.5, 0.6) is 5.75 Å². The number of benzene rings is 3. The zero-order chi connectivity index (χ0) is 28.2. The first-order valence-corrected chi connectivity index (χ1v) is 14.1. The molecule has 0 saturated carbocycles. The van der Waals surface area contributed by atoms with Crippen molar-refractivity contribution in [2.24, 2.45) is 9.98 Å². The Hall–Kier alpha value is -4.76. The molecule has 0 fully saturated rings. The number of para-hydroxylation sites is 2. The Balaban J connectivity index is 1.52. The number of hydrogen-bond donors (Lipinski definition) is 2. The van der Waals surface area contributed by atoms with E-state index in [2.05, 4.69) is 63.2 Å². The van der Waals surface area contributed by atoms with Crippen LogP contribution >= 0.6 is 15.9 Å². The standard InChI is InChI=1S/C32H26BrN7O/c1-18-14-19(2)16-22(15-18)35-30-32-37-31-28(20(3)38-40(31)27-10-6-7-13-34-27)29(23-17-21(33)11-12-26(23)41)39(32)25-9-5-4-8-24(25)36-30/h4-17,29,41H,1-3H3,(H,35,36). The molecule has 41 heavy (non-hydrogen) atoms. The number of nitrogens with zero attached hydrogens (tertiary/aromatic N) is 6. The summed E-state index contributed by atoms with van der Waals surface area (Å²) in [6.07, 6.45) is 1.74. The average Bonchev–Trinajstić information content (AvgIpc) is 3.29. The van der Waals surface area contributed by atoms with Crippen molar-refractivity contribution >= 4 is 50.5 Å². The Bertz CT molecular complexity index is 1870. The summed E-state index contributed by atoms with van der Waals surface area (Å²) in [6.45, 7) is 6.12. The molecule has 2 aliphatic rings. The van der Waals surface area contributed by atoms with Gasteiger partial charge in [-0.1, -0.05) is 40.2 Å². The summed E-state index contributed by atoms with van der Waals surface area (Å²) in [6, 6.07) is 25.1. The number of nitrogens with one attached hydrogen (secondary N) is 1. The second-order valence-electron chi connectivity index (χ2n) is 10.3. The summed E-state index contributed by atoms with van der Waals surface area (Å²) in [7, 11) is 0. The minimum Gasteiger partial charge on any atom is -0.508 e. The van der Waals surface area contributed by atoms with Gasteiger partial charge in [0.1, 0.15) is 5.75 Å². The number of rotatable bonds is 3. The number of aromatic hydroxyl groups is 1. The molecule has 2 N–H and O–H groups in total. The van der Waals surface area contributed by atoms with Gasteiger partial charge in [0.05, 0.1) is 23.1 Å². The van der Waals surface area contributed by atoms with Crippen LogP contribution < -0.4 is 10.2 Å². The molecule has 0 radical (unpaired) electrons. The zero-order valence-corrected chi connectivity index (χ0v) is 24.3. The van der Waals surface area contributed by atoms with Gasteiger partial charge in [0.2, 0.25) is 0 Å². The number of halogens is 1. The van der Waals surface area contributed by atoms with Gasteiger partial charge in [-0.05, 0) is 86.5 Å². The molecule has 9 heteroatoms. The number of fused-ring (bicyclic) bond motifs is 4. The van der Waals surface area contributed by atoms with E-state index in [1.807, 2.05) is 61.5 Å². The smallest absolute Gasteiger partial charge is 0.179 e. The topological polar surface area (TPSA) is 90.9 Å². The van der Waals surface area contributed by atoms with Gasteiger partial charge in [-0.3, -0.25) is 0 Å². The predicted molar refractivity (Wildman–Crippen MR) is 166 cm³/mol. The van der Waals surface area contributed by atoms with Crippen molar-refractivity contribution in [1.82, 2.24) is 14.8 Å². The number of hydrogen-bond acceptors (Lipinski definition) is 7. The molecule has 2 aromatic heterocycles. The van der Waals surface area contributed by atoms with Crippen LogP contribution in [0.2, 0.25) is 0 Å². The highest BCUT2D eigenvalue weighted by molar-refractivity contribution is 9.10. The molecule has 0 spiro atoms. The van der Waals surface area contributed by atoms with Gasteiger partial charge in [0, 0.05) is 27.5 Å². The molecule has 3 aromatic carbocycles. The Morgan fingerprint density at radius 1 is 0.878 bits per heavy atom. The van der Waals surface area contributed by atoms with E-state index in [1.165, 1.54) is 0 Å². The average molecular weight is 605 g/mol. The van der Waals surface area contributed by atoms with Gasteiger partial charge < -0.3 is 15.3 Å². The van der Waals surface area contributed by atoms with E-state index in [-0.39, 0.29) is 5.75 Å². The molecule has 202 valence electrons. The van der Waals surface area contributed by atoms with Gasteiger partial charge in [-0.2, -0.15) is 9.78 Å². The lowest BCUT2D eigenvalue weighted by atomic mass is 9.92. The summed E-state index contributed by atoms with van der Waals surface area (Å²) in [5, 5.41) is 19.7. The lowest BCUT2D eigenvalue weighted by molar-refractivity contribution is 0.465. The van der Waals surface area contributed by atoms with Crippen molar-refractivity contribution in [1.29, 1.82) is 0 Å². The normalized spacial score (nSPS) is 15.4. The summed E-state index contributed by atoms with van der Waals surface area (Å²) >= 11 is 3.63. The van der Waals surface area contributed by atoms with Crippen LogP contribution in [0, 0.1) is 20.8 Å². The molecule has 7 rings (SSSR count). The van der Waals surface area contributed by atoms with E-state index in [4.69, 9.17) is 15.1 Å². The molecule has 4 heterocycles. The van der Waals surface area contributed by atoms with Crippen LogP contribution in [0.1, 0.15) is 34.0 Å². The molecule has 1 atom stereocenters. The molecule has 0 amide bonds. The Kier molecular flexibility index (Phi) is 5.97. The molecular weight excluding hydrogens is 578 g/mol. The number of pyridine rings is 1. The maximum Gasteiger partial charge on any atom is 0.179 e. The van der Waals surface area contributed by atoms with Gasteiger partial charge in [-0.15, -0.1) is 0 Å². The van der Waals surface area contributed by atoms with Crippen LogP contribution in [0.25, 0.3) is 5.82 Å². The lowest BCUT2D eigenvalue weighted by Gasteiger charge is -2.40.